The number of aromatic nitrogens is 1. The number of carbonyl (C=O) groups excluding carboxylic acids is 2. The van der Waals surface area contributed by atoms with Crippen LogP contribution in [0.5, 0.6) is 5.75 Å². The number of ether oxygens (including phenoxy) is 1. The highest BCUT2D eigenvalue weighted by Gasteiger charge is 2.56. The van der Waals surface area contributed by atoms with E-state index in [1.807, 2.05) is 42.5 Å². The average Bonchev–Trinajstić information content (AvgIpc) is 3.29. The number of hydrogen-bond acceptors (Lipinski definition) is 7. The number of aromatic amines is 1. The monoisotopic (exact) mass is 560 g/mol. The van der Waals surface area contributed by atoms with Crippen LogP contribution in [0, 0.1) is 5.92 Å². The Labute approximate surface area is 210 Å². The van der Waals surface area contributed by atoms with Gasteiger partial charge in [-0.05, 0) is 23.8 Å². The van der Waals surface area contributed by atoms with Crippen molar-refractivity contribution in [2.75, 3.05) is 6.54 Å². The summed E-state index contributed by atoms with van der Waals surface area (Å²) in [6.45, 7) is -0.406. The van der Waals surface area contributed by atoms with Crippen LogP contribution in [-0.2, 0) is 21.0 Å². The van der Waals surface area contributed by atoms with Crippen molar-refractivity contribution in [3.63, 3.8) is 0 Å². The van der Waals surface area contributed by atoms with Crippen molar-refractivity contribution < 1.29 is 24.2 Å². The summed E-state index contributed by atoms with van der Waals surface area (Å²) in [7, 11) is 0. The number of likely N-dealkylation sites (tertiary alicyclic amines) is 1. The van der Waals surface area contributed by atoms with Crippen LogP contribution < -0.4 is 9.61 Å². The molecule has 0 saturated carbocycles. The van der Waals surface area contributed by atoms with Gasteiger partial charge < -0.3 is 14.8 Å². The van der Waals surface area contributed by atoms with Crippen LogP contribution in [0.2, 0.25) is 0 Å². The number of thiazole rings is 1. The topological polar surface area (TPSA) is 117 Å². The summed E-state index contributed by atoms with van der Waals surface area (Å²) in [4.78, 5) is 53.9. The number of nitrogens with zero attached hydrogens (tertiary/aromatic N) is 1. The molecule has 2 unspecified atom stereocenters. The summed E-state index contributed by atoms with van der Waals surface area (Å²) in [5, 5.41) is 8.91. The second-order valence-electron chi connectivity index (χ2n) is 7.86. The van der Waals surface area contributed by atoms with Crippen molar-refractivity contribution in [1.82, 2.24) is 9.88 Å². The fourth-order valence-electron chi connectivity index (χ4n) is 4.33. The number of halogens is 1. The molecule has 1 saturated heterocycles. The number of amides is 2. The molecule has 1 aromatic heterocycles. The minimum Gasteiger partial charge on any atom is -0.489 e. The highest BCUT2D eigenvalue weighted by molar-refractivity contribution is 9.10. The van der Waals surface area contributed by atoms with E-state index < -0.39 is 41.4 Å². The number of imide groups is 1. The third-order valence-corrected chi connectivity index (χ3v) is 8.65. The van der Waals surface area contributed by atoms with E-state index in [9.17, 15) is 24.3 Å². The Kier molecular flexibility index (Phi) is 6.09. The molecule has 0 bridgehead atoms. The third-order valence-electron chi connectivity index (χ3n) is 5.75. The fourth-order valence-corrected chi connectivity index (χ4v) is 7.24. The molecule has 8 nitrogen and oxygen atoms in total. The summed E-state index contributed by atoms with van der Waals surface area (Å²) >= 11 is 5.58. The van der Waals surface area contributed by atoms with Crippen LogP contribution in [0.1, 0.15) is 21.9 Å². The van der Waals surface area contributed by atoms with Crippen LogP contribution in [0.15, 0.2) is 62.8 Å². The van der Waals surface area contributed by atoms with Gasteiger partial charge in [-0.3, -0.25) is 24.1 Å². The number of thioether (sulfide) groups is 1. The lowest BCUT2D eigenvalue weighted by Crippen LogP contribution is -2.36. The van der Waals surface area contributed by atoms with E-state index in [0.29, 0.717) is 27.8 Å². The van der Waals surface area contributed by atoms with Crippen molar-refractivity contribution in [2.24, 2.45) is 5.92 Å². The Bertz CT molecular complexity index is 1350. The lowest BCUT2D eigenvalue weighted by atomic mass is 9.82. The molecule has 174 valence electrons. The Morgan fingerprint density at radius 1 is 1.12 bits per heavy atom. The van der Waals surface area contributed by atoms with Crippen LogP contribution in [0.25, 0.3) is 0 Å². The number of fused-ring (bicyclic) bond motifs is 2. The highest BCUT2D eigenvalue weighted by atomic mass is 79.9. The number of carboxylic acid groups (broad SMARTS) is 1. The molecular formula is C23H17BrN2O6S2. The van der Waals surface area contributed by atoms with E-state index in [4.69, 9.17) is 4.74 Å². The first-order valence-corrected chi connectivity index (χ1v) is 12.7. The molecule has 5 rings (SSSR count). The molecule has 2 aromatic carbocycles. The fraction of sp³-hybridized carbons (Fsp3) is 0.217. The van der Waals surface area contributed by atoms with Gasteiger partial charge in [0.05, 0.1) is 10.9 Å². The van der Waals surface area contributed by atoms with Crippen molar-refractivity contribution in [2.45, 2.75) is 22.8 Å². The van der Waals surface area contributed by atoms with Gasteiger partial charge in [0.25, 0.3) is 0 Å². The SMILES string of the molecule is O=C(O)CN1C(=O)C2Sc3[nH]c(=O)sc3[C@@H](c3cc(Br)ccc3OCc3ccccc3)C2C1=O. The minimum atomic E-state index is -1.26. The van der Waals surface area contributed by atoms with Gasteiger partial charge in [0.2, 0.25) is 11.8 Å². The van der Waals surface area contributed by atoms with Crippen LogP contribution in [0.4, 0.5) is 0 Å². The molecule has 0 spiro atoms. The second-order valence-corrected chi connectivity index (χ2v) is 10.9. The maximum absolute atomic E-state index is 13.4. The summed E-state index contributed by atoms with van der Waals surface area (Å²) in [6, 6.07) is 15.0. The van der Waals surface area contributed by atoms with Gasteiger partial charge in [-0.1, -0.05) is 69.4 Å². The Morgan fingerprint density at radius 2 is 1.88 bits per heavy atom. The molecule has 1 fully saturated rings. The van der Waals surface area contributed by atoms with Crippen molar-refractivity contribution in [3.8, 4) is 5.75 Å². The molecule has 2 N–H and O–H groups in total. The van der Waals surface area contributed by atoms with Crippen molar-refractivity contribution in [1.29, 1.82) is 0 Å². The zero-order chi connectivity index (χ0) is 24.0. The quantitative estimate of drug-likeness (QED) is 0.443. The Hall–Kier alpha value is -2.89. The summed E-state index contributed by atoms with van der Waals surface area (Å²) in [5.41, 5.74) is 1.61. The van der Waals surface area contributed by atoms with E-state index in [2.05, 4.69) is 20.9 Å². The smallest absolute Gasteiger partial charge is 0.323 e. The number of benzene rings is 2. The van der Waals surface area contributed by atoms with Gasteiger partial charge in [0.1, 0.15) is 24.2 Å². The van der Waals surface area contributed by atoms with Gasteiger partial charge in [-0.2, -0.15) is 0 Å². The van der Waals surface area contributed by atoms with Crippen LogP contribution in [-0.4, -0.2) is 44.6 Å². The molecule has 0 aliphatic carbocycles. The molecule has 11 heteroatoms. The second kappa shape index (κ2) is 9.05. The summed E-state index contributed by atoms with van der Waals surface area (Å²) in [6.07, 6.45) is 0. The number of nitrogens with one attached hydrogen (secondary N) is 1. The van der Waals surface area contributed by atoms with Gasteiger partial charge in [0.15, 0.2) is 0 Å². The molecule has 2 aliphatic heterocycles. The highest BCUT2D eigenvalue weighted by Crippen LogP contribution is 2.54. The van der Waals surface area contributed by atoms with Gasteiger partial charge in [-0.25, -0.2) is 0 Å². The van der Waals surface area contributed by atoms with Crippen molar-refractivity contribution >= 4 is 56.8 Å². The number of hydrogen-bond donors (Lipinski definition) is 2. The van der Waals surface area contributed by atoms with E-state index in [-0.39, 0.29) is 4.87 Å². The predicted octanol–water partition coefficient (Wildman–Crippen LogP) is 3.45. The standard InChI is InChI=1S/C23H17BrN2O6S2/c24-12-6-7-14(32-10-11-4-2-1-3-5-11)13(8-12)16-17-19(33-20-18(16)34-23(31)25-20)22(30)26(21(17)29)9-15(27)28/h1-8,16-17,19H,9-10H2,(H,25,31)(H,27,28)/t16-,17?,19?/m0/s1. The summed E-state index contributed by atoms with van der Waals surface area (Å²) < 4.78 is 6.88. The van der Waals surface area contributed by atoms with Gasteiger partial charge in [0, 0.05) is 20.8 Å². The van der Waals surface area contributed by atoms with Gasteiger partial charge in [-0.15, -0.1) is 0 Å². The number of carboxylic acids is 1. The zero-order valence-corrected chi connectivity index (χ0v) is 20.6. The first-order chi connectivity index (χ1) is 16.3. The molecule has 3 atom stereocenters. The lowest BCUT2D eigenvalue weighted by Gasteiger charge is -2.31. The van der Waals surface area contributed by atoms with E-state index in [1.54, 1.807) is 6.07 Å². The normalized spacial score (nSPS) is 21.3. The minimum absolute atomic E-state index is 0.286. The third kappa shape index (κ3) is 4.08. The van der Waals surface area contributed by atoms with Crippen LogP contribution >= 0.6 is 39.0 Å². The maximum Gasteiger partial charge on any atom is 0.323 e. The Balaban J connectivity index is 1.60. The van der Waals surface area contributed by atoms with E-state index >= 15 is 0 Å². The molecule has 0 radical (unpaired) electrons. The van der Waals surface area contributed by atoms with Gasteiger partial charge >= 0.3 is 10.8 Å². The largest absolute Gasteiger partial charge is 0.489 e. The van der Waals surface area contributed by atoms with Crippen molar-refractivity contribution in [3.05, 3.63) is 78.7 Å². The molecule has 3 aromatic rings. The van der Waals surface area contributed by atoms with E-state index in [1.165, 1.54) is 0 Å². The Morgan fingerprint density at radius 3 is 2.62 bits per heavy atom. The number of aliphatic carboxylic acids is 1. The number of carbonyl (C=O) groups is 3. The molecule has 2 amide bonds. The summed E-state index contributed by atoms with van der Waals surface area (Å²) in [5.74, 6) is -3.37. The zero-order valence-electron chi connectivity index (χ0n) is 17.4. The first-order valence-electron chi connectivity index (χ1n) is 10.3. The molecule has 2 aliphatic rings. The van der Waals surface area contributed by atoms with Crippen LogP contribution in [0.3, 0.4) is 0 Å². The number of rotatable bonds is 6. The van der Waals surface area contributed by atoms with E-state index in [0.717, 1.165) is 38.0 Å². The molecular weight excluding hydrogens is 544 g/mol. The molecule has 3 heterocycles. The number of H-pyrrole nitrogens is 1. The maximum atomic E-state index is 13.4. The average molecular weight is 561 g/mol. The molecule has 34 heavy (non-hydrogen) atoms. The lowest BCUT2D eigenvalue weighted by molar-refractivity contribution is -0.149. The predicted molar refractivity (Wildman–Crippen MR) is 129 cm³/mol. The first kappa shape index (κ1) is 22.9.